The maximum atomic E-state index is 11.6. The van der Waals surface area contributed by atoms with Crippen LogP contribution in [0.4, 0.5) is 0 Å². The van der Waals surface area contributed by atoms with Gasteiger partial charge in [0.1, 0.15) is 5.25 Å². The van der Waals surface area contributed by atoms with E-state index >= 15 is 0 Å². The summed E-state index contributed by atoms with van der Waals surface area (Å²) in [6, 6.07) is 3.63. The second-order valence-corrected chi connectivity index (χ2v) is 7.16. The van der Waals surface area contributed by atoms with Crippen molar-refractivity contribution in [2.24, 2.45) is 10.2 Å². The lowest BCUT2D eigenvalue weighted by atomic mass is 10.2. The molecular formula is C15H16IN3O5S. The molecule has 1 aliphatic heterocycles. The number of amidine groups is 1. The molecule has 8 nitrogen and oxygen atoms in total. The number of carbonyl (C=O) groups excluding carboxylic acids is 1. The predicted octanol–water partition coefficient (Wildman–Crippen LogP) is 2.09. The van der Waals surface area contributed by atoms with Gasteiger partial charge in [0, 0.05) is 0 Å². The number of methoxy groups -OCH3 is 1. The number of carboxylic acid groups (broad SMARTS) is 1. The van der Waals surface area contributed by atoms with Crippen molar-refractivity contribution in [3.05, 3.63) is 21.3 Å². The lowest BCUT2D eigenvalue weighted by molar-refractivity contribution is -0.138. The van der Waals surface area contributed by atoms with Crippen molar-refractivity contribution in [3.8, 4) is 11.5 Å². The fourth-order valence-electron chi connectivity index (χ4n) is 1.99. The number of hydrogen-bond donors (Lipinski definition) is 2. The van der Waals surface area contributed by atoms with Crippen molar-refractivity contribution in [1.82, 2.24) is 5.32 Å². The number of carbonyl (C=O) groups is 2. The molecule has 0 saturated carbocycles. The third kappa shape index (κ3) is 5.33. The van der Waals surface area contributed by atoms with Gasteiger partial charge in [-0.15, -0.1) is 5.10 Å². The van der Waals surface area contributed by atoms with Crippen LogP contribution in [0, 0.1) is 3.57 Å². The molecule has 2 rings (SSSR count). The van der Waals surface area contributed by atoms with E-state index in [4.69, 9.17) is 14.6 Å². The van der Waals surface area contributed by atoms with E-state index in [1.807, 2.05) is 13.0 Å². The van der Waals surface area contributed by atoms with Crippen molar-refractivity contribution in [1.29, 1.82) is 0 Å². The molecule has 2 N–H and O–H groups in total. The number of carboxylic acids is 1. The molecular weight excluding hydrogens is 461 g/mol. The van der Waals surface area contributed by atoms with Crippen molar-refractivity contribution in [2.75, 3.05) is 13.7 Å². The van der Waals surface area contributed by atoms with Gasteiger partial charge < -0.3 is 19.9 Å². The summed E-state index contributed by atoms with van der Waals surface area (Å²) < 4.78 is 11.7. The van der Waals surface area contributed by atoms with Gasteiger partial charge in [0.15, 0.2) is 16.7 Å². The fourth-order valence-corrected chi connectivity index (χ4v) is 3.69. The topological polar surface area (TPSA) is 110 Å². The number of thioether (sulfide) groups is 1. The van der Waals surface area contributed by atoms with E-state index in [0.29, 0.717) is 18.1 Å². The van der Waals surface area contributed by atoms with Gasteiger partial charge in [0.2, 0.25) is 5.91 Å². The van der Waals surface area contributed by atoms with Gasteiger partial charge in [0.05, 0.1) is 29.9 Å². The number of hydrogen-bond acceptors (Lipinski definition) is 7. The molecule has 1 unspecified atom stereocenters. The summed E-state index contributed by atoms with van der Waals surface area (Å²) >= 11 is 3.20. The van der Waals surface area contributed by atoms with Crippen LogP contribution in [0.5, 0.6) is 11.5 Å². The van der Waals surface area contributed by atoms with Crippen LogP contribution in [0.3, 0.4) is 0 Å². The molecule has 134 valence electrons. The number of aliphatic carboxylic acids is 1. The van der Waals surface area contributed by atoms with Gasteiger partial charge in [-0.3, -0.25) is 9.59 Å². The van der Waals surface area contributed by atoms with Crippen molar-refractivity contribution in [2.45, 2.75) is 18.6 Å². The summed E-state index contributed by atoms with van der Waals surface area (Å²) in [6.45, 7) is 2.42. The van der Waals surface area contributed by atoms with E-state index < -0.39 is 11.2 Å². The van der Waals surface area contributed by atoms with Crippen molar-refractivity contribution in [3.63, 3.8) is 0 Å². The van der Waals surface area contributed by atoms with Crippen molar-refractivity contribution < 1.29 is 24.2 Å². The minimum absolute atomic E-state index is 0.256. The zero-order chi connectivity index (χ0) is 18.4. The largest absolute Gasteiger partial charge is 0.493 e. The molecule has 0 spiro atoms. The minimum Gasteiger partial charge on any atom is -0.493 e. The Bertz CT molecular complexity index is 738. The standard InChI is InChI=1S/C15H16IN3O5S/c1-3-24-13-9(16)4-8(5-10(13)23-2)7-17-19-15-18-14(22)11(25-15)6-12(20)21/h4-5,7,11H,3,6H2,1-2H3,(H,20,21)(H,18,19,22). The fraction of sp³-hybridized carbons (Fsp3) is 0.333. The van der Waals surface area contributed by atoms with Gasteiger partial charge in [-0.1, -0.05) is 11.8 Å². The van der Waals surface area contributed by atoms with Gasteiger partial charge in [-0.25, -0.2) is 0 Å². The molecule has 0 aromatic heterocycles. The minimum atomic E-state index is -1.03. The maximum Gasteiger partial charge on any atom is 0.305 e. The van der Waals surface area contributed by atoms with Crippen LogP contribution >= 0.6 is 34.4 Å². The summed E-state index contributed by atoms with van der Waals surface area (Å²) in [6.07, 6.45) is 1.26. The van der Waals surface area contributed by atoms with E-state index in [1.165, 1.54) is 6.21 Å². The zero-order valence-electron chi connectivity index (χ0n) is 13.5. The number of nitrogens with one attached hydrogen (secondary N) is 1. The molecule has 1 heterocycles. The Balaban J connectivity index is 2.11. The molecule has 1 amide bonds. The Hall–Kier alpha value is -1.82. The van der Waals surface area contributed by atoms with Crippen LogP contribution in [0.15, 0.2) is 22.3 Å². The second kappa shape index (κ2) is 9.04. The summed E-state index contributed by atoms with van der Waals surface area (Å²) in [4.78, 5) is 22.3. The predicted molar refractivity (Wildman–Crippen MR) is 104 cm³/mol. The molecule has 1 saturated heterocycles. The van der Waals surface area contributed by atoms with Gasteiger partial charge >= 0.3 is 5.97 Å². The molecule has 1 aromatic carbocycles. The number of benzene rings is 1. The van der Waals surface area contributed by atoms with Gasteiger partial charge in [0.25, 0.3) is 0 Å². The lowest BCUT2D eigenvalue weighted by Crippen LogP contribution is -2.26. The molecule has 10 heteroatoms. The van der Waals surface area contributed by atoms with Crippen LogP contribution in [0.1, 0.15) is 18.9 Å². The first-order valence-electron chi connectivity index (χ1n) is 7.25. The van der Waals surface area contributed by atoms with E-state index in [2.05, 4.69) is 38.1 Å². The third-order valence-electron chi connectivity index (χ3n) is 3.03. The van der Waals surface area contributed by atoms with Crippen LogP contribution in [-0.4, -0.2) is 47.3 Å². The highest BCUT2D eigenvalue weighted by Crippen LogP contribution is 2.33. The Morgan fingerprint density at radius 2 is 2.28 bits per heavy atom. The highest BCUT2D eigenvalue weighted by molar-refractivity contribution is 14.1. The molecule has 0 radical (unpaired) electrons. The molecule has 1 atom stereocenters. The molecule has 1 aromatic rings. The number of nitrogens with zero attached hydrogens (tertiary/aromatic N) is 2. The number of ether oxygens (including phenoxy) is 2. The average Bonchev–Trinajstić information content (AvgIpc) is 2.88. The zero-order valence-corrected chi connectivity index (χ0v) is 16.5. The Morgan fingerprint density at radius 3 is 2.92 bits per heavy atom. The third-order valence-corrected chi connectivity index (χ3v) is 4.91. The smallest absolute Gasteiger partial charge is 0.305 e. The Morgan fingerprint density at radius 1 is 1.52 bits per heavy atom. The van der Waals surface area contributed by atoms with E-state index in [0.717, 1.165) is 20.9 Å². The normalized spacial score (nSPS) is 18.6. The SMILES string of the molecule is CCOc1c(I)cc(C=NN=C2NC(=O)C(CC(=O)O)S2)cc1OC. The quantitative estimate of drug-likeness (QED) is 0.354. The lowest BCUT2D eigenvalue weighted by Gasteiger charge is -2.11. The number of halogens is 1. The second-order valence-electron chi connectivity index (χ2n) is 4.81. The summed E-state index contributed by atoms with van der Waals surface area (Å²) in [5, 5.41) is 18.7. The highest BCUT2D eigenvalue weighted by atomic mass is 127. The summed E-state index contributed by atoms with van der Waals surface area (Å²) in [5.41, 5.74) is 0.755. The first kappa shape index (κ1) is 19.5. The first-order valence-corrected chi connectivity index (χ1v) is 9.21. The highest BCUT2D eigenvalue weighted by Gasteiger charge is 2.32. The van der Waals surface area contributed by atoms with Crippen LogP contribution in [-0.2, 0) is 9.59 Å². The Kier molecular flexibility index (Phi) is 7.05. The maximum absolute atomic E-state index is 11.6. The number of amides is 1. The summed E-state index contributed by atoms with van der Waals surface area (Å²) in [7, 11) is 1.56. The van der Waals surface area contributed by atoms with E-state index in [1.54, 1.807) is 13.2 Å². The first-order chi connectivity index (χ1) is 11.9. The summed E-state index contributed by atoms with van der Waals surface area (Å²) in [5.74, 6) is -0.149. The molecule has 0 bridgehead atoms. The number of rotatable bonds is 7. The molecule has 1 fully saturated rings. The van der Waals surface area contributed by atoms with Gasteiger partial charge in [-0.05, 0) is 47.2 Å². The molecule has 25 heavy (non-hydrogen) atoms. The van der Waals surface area contributed by atoms with Gasteiger partial charge in [-0.2, -0.15) is 5.10 Å². The van der Waals surface area contributed by atoms with Crippen LogP contribution in [0.25, 0.3) is 0 Å². The van der Waals surface area contributed by atoms with Crippen molar-refractivity contribution >= 4 is 57.6 Å². The molecule has 0 aliphatic carbocycles. The average molecular weight is 477 g/mol. The van der Waals surface area contributed by atoms with Crippen LogP contribution < -0.4 is 14.8 Å². The van der Waals surface area contributed by atoms with E-state index in [9.17, 15) is 9.59 Å². The van der Waals surface area contributed by atoms with E-state index in [-0.39, 0.29) is 17.5 Å². The monoisotopic (exact) mass is 477 g/mol. The Labute approximate surface area is 162 Å². The van der Waals surface area contributed by atoms with Crippen LogP contribution in [0.2, 0.25) is 0 Å². The molecule has 1 aliphatic rings.